The second-order valence-corrected chi connectivity index (χ2v) is 4.47. The summed E-state index contributed by atoms with van der Waals surface area (Å²) < 4.78 is 6.03. The third-order valence-electron chi connectivity index (χ3n) is 3.41. The first-order chi connectivity index (χ1) is 7.12. The molecule has 2 aliphatic heterocycles. The van der Waals surface area contributed by atoms with Crippen LogP contribution >= 0.6 is 0 Å². The maximum Gasteiger partial charge on any atom is 0.0922 e. The molecule has 0 aromatic heterocycles. The van der Waals surface area contributed by atoms with Crippen molar-refractivity contribution in [3.8, 4) is 0 Å². The number of rotatable bonds is 0. The molecule has 2 nitrogen and oxygen atoms in total. The van der Waals surface area contributed by atoms with Gasteiger partial charge in [-0.1, -0.05) is 19.9 Å². The third kappa shape index (κ3) is 2.61. The van der Waals surface area contributed by atoms with E-state index in [1.165, 1.54) is 5.57 Å². The molecule has 2 aliphatic rings. The number of nitrogens with zero attached hydrogens (tertiary/aromatic N) is 1. The van der Waals surface area contributed by atoms with Gasteiger partial charge >= 0.3 is 0 Å². The number of likely N-dealkylation sites (tertiary alicyclic amines) is 1. The molecule has 1 fully saturated rings. The lowest BCUT2D eigenvalue weighted by atomic mass is 9.86. The lowest BCUT2D eigenvalue weighted by Crippen LogP contribution is -2.44. The standard InChI is InChI=1S/C11H19NO.C2H6/c1-9-8-10(2)13-11(9)4-6-12(3)7-5-11;1-2/h8,10H,4-7H2,1-3H3;1-2H3. The van der Waals surface area contributed by atoms with E-state index < -0.39 is 0 Å². The molecular formula is C13H25NO. The molecule has 0 aliphatic carbocycles. The number of piperidine rings is 1. The first-order valence-corrected chi connectivity index (χ1v) is 6.18. The highest BCUT2D eigenvalue weighted by Gasteiger charge is 2.40. The Balaban J connectivity index is 0.000000531. The molecule has 0 saturated carbocycles. The predicted octanol–water partition coefficient (Wildman–Crippen LogP) is 2.84. The van der Waals surface area contributed by atoms with Crippen molar-refractivity contribution >= 4 is 0 Å². The van der Waals surface area contributed by atoms with Gasteiger partial charge in [-0.05, 0) is 39.3 Å². The fraction of sp³-hybridized carbons (Fsp3) is 0.846. The summed E-state index contributed by atoms with van der Waals surface area (Å²) >= 11 is 0. The molecule has 2 heterocycles. The zero-order chi connectivity index (χ0) is 11.5. The Morgan fingerprint density at radius 1 is 1.33 bits per heavy atom. The largest absolute Gasteiger partial charge is 0.364 e. The van der Waals surface area contributed by atoms with Crippen LogP contribution in [0, 0.1) is 0 Å². The highest BCUT2D eigenvalue weighted by molar-refractivity contribution is 5.22. The van der Waals surface area contributed by atoms with E-state index in [2.05, 4.69) is 31.9 Å². The lowest BCUT2D eigenvalue weighted by molar-refractivity contribution is -0.0568. The molecule has 0 N–H and O–H groups in total. The molecule has 1 spiro atoms. The number of hydrogen-bond donors (Lipinski definition) is 0. The van der Waals surface area contributed by atoms with Crippen LogP contribution in [-0.4, -0.2) is 36.7 Å². The SMILES string of the molecule is CC.CC1=CC(C)OC12CCN(C)CC2. The second-order valence-electron chi connectivity index (χ2n) is 4.47. The summed E-state index contributed by atoms with van der Waals surface area (Å²) in [5.74, 6) is 0. The molecule has 0 radical (unpaired) electrons. The van der Waals surface area contributed by atoms with Crippen LogP contribution in [0.3, 0.4) is 0 Å². The monoisotopic (exact) mass is 211 g/mol. The Morgan fingerprint density at radius 2 is 1.87 bits per heavy atom. The van der Waals surface area contributed by atoms with E-state index in [-0.39, 0.29) is 5.60 Å². The van der Waals surface area contributed by atoms with Gasteiger partial charge in [0.25, 0.3) is 0 Å². The van der Waals surface area contributed by atoms with Crippen LogP contribution in [0.5, 0.6) is 0 Å². The molecular weight excluding hydrogens is 186 g/mol. The summed E-state index contributed by atoms with van der Waals surface area (Å²) in [5, 5.41) is 0. The molecule has 0 aromatic carbocycles. The van der Waals surface area contributed by atoms with Crippen molar-refractivity contribution in [3.63, 3.8) is 0 Å². The van der Waals surface area contributed by atoms with Gasteiger partial charge in [-0.25, -0.2) is 0 Å². The van der Waals surface area contributed by atoms with Gasteiger partial charge in [0, 0.05) is 13.1 Å². The Morgan fingerprint density at radius 3 is 2.27 bits per heavy atom. The Hall–Kier alpha value is -0.340. The normalized spacial score (nSPS) is 29.7. The predicted molar refractivity (Wildman–Crippen MR) is 65.1 cm³/mol. The van der Waals surface area contributed by atoms with Gasteiger partial charge in [-0.15, -0.1) is 0 Å². The second kappa shape index (κ2) is 5.13. The minimum absolute atomic E-state index is 0.103. The summed E-state index contributed by atoms with van der Waals surface area (Å²) in [4.78, 5) is 2.38. The van der Waals surface area contributed by atoms with Crippen molar-refractivity contribution in [2.45, 2.75) is 52.2 Å². The number of ether oxygens (including phenoxy) is 1. The first-order valence-electron chi connectivity index (χ1n) is 6.18. The van der Waals surface area contributed by atoms with Crippen molar-refractivity contribution in [2.75, 3.05) is 20.1 Å². The van der Waals surface area contributed by atoms with Crippen molar-refractivity contribution in [1.29, 1.82) is 0 Å². The van der Waals surface area contributed by atoms with Crippen LogP contribution in [0.2, 0.25) is 0 Å². The van der Waals surface area contributed by atoms with E-state index >= 15 is 0 Å². The fourth-order valence-electron chi connectivity index (χ4n) is 2.48. The van der Waals surface area contributed by atoms with Crippen molar-refractivity contribution < 1.29 is 4.74 Å². The topological polar surface area (TPSA) is 12.5 Å². The van der Waals surface area contributed by atoms with Crippen LogP contribution in [0.1, 0.15) is 40.5 Å². The smallest absolute Gasteiger partial charge is 0.0922 e. The highest BCUT2D eigenvalue weighted by Crippen LogP contribution is 2.38. The van der Waals surface area contributed by atoms with Crippen LogP contribution in [0.15, 0.2) is 11.6 Å². The van der Waals surface area contributed by atoms with Gasteiger partial charge in [-0.3, -0.25) is 0 Å². The molecule has 0 bridgehead atoms. The minimum atomic E-state index is 0.103. The quantitative estimate of drug-likeness (QED) is 0.571. The maximum absolute atomic E-state index is 6.03. The maximum atomic E-state index is 6.03. The summed E-state index contributed by atoms with van der Waals surface area (Å²) in [7, 11) is 2.18. The van der Waals surface area contributed by atoms with Crippen molar-refractivity contribution in [3.05, 3.63) is 11.6 Å². The third-order valence-corrected chi connectivity index (χ3v) is 3.41. The summed E-state index contributed by atoms with van der Waals surface area (Å²) in [5.41, 5.74) is 1.56. The highest BCUT2D eigenvalue weighted by atomic mass is 16.5. The molecule has 15 heavy (non-hydrogen) atoms. The van der Waals surface area contributed by atoms with E-state index in [1.54, 1.807) is 0 Å². The van der Waals surface area contributed by atoms with E-state index in [0.717, 1.165) is 25.9 Å². The van der Waals surface area contributed by atoms with Gasteiger partial charge < -0.3 is 9.64 Å². The summed E-state index contributed by atoms with van der Waals surface area (Å²) in [6, 6.07) is 0. The summed E-state index contributed by atoms with van der Waals surface area (Å²) in [6.07, 6.45) is 4.92. The fourth-order valence-corrected chi connectivity index (χ4v) is 2.48. The average Bonchev–Trinajstić information content (AvgIpc) is 2.50. The van der Waals surface area contributed by atoms with Crippen molar-refractivity contribution in [1.82, 2.24) is 4.90 Å². The van der Waals surface area contributed by atoms with Gasteiger partial charge in [0.1, 0.15) is 0 Å². The minimum Gasteiger partial charge on any atom is -0.364 e. The van der Waals surface area contributed by atoms with E-state index in [4.69, 9.17) is 4.74 Å². The molecule has 2 heteroatoms. The van der Waals surface area contributed by atoms with E-state index in [1.807, 2.05) is 13.8 Å². The summed E-state index contributed by atoms with van der Waals surface area (Å²) in [6.45, 7) is 10.7. The molecule has 88 valence electrons. The van der Waals surface area contributed by atoms with E-state index in [0.29, 0.717) is 6.10 Å². The van der Waals surface area contributed by atoms with Gasteiger partial charge in [0.2, 0.25) is 0 Å². The van der Waals surface area contributed by atoms with E-state index in [9.17, 15) is 0 Å². The Labute approximate surface area is 94.3 Å². The first kappa shape index (κ1) is 12.7. The average molecular weight is 211 g/mol. The van der Waals surface area contributed by atoms with Crippen LogP contribution < -0.4 is 0 Å². The Kier molecular flexibility index (Phi) is 4.35. The van der Waals surface area contributed by atoms with Crippen molar-refractivity contribution in [2.24, 2.45) is 0 Å². The Bertz CT molecular complexity index is 227. The molecule has 1 saturated heterocycles. The lowest BCUT2D eigenvalue weighted by Gasteiger charge is -2.39. The zero-order valence-electron chi connectivity index (χ0n) is 10.8. The molecule has 1 unspecified atom stereocenters. The number of hydrogen-bond acceptors (Lipinski definition) is 2. The molecule has 0 amide bonds. The molecule has 0 aromatic rings. The van der Waals surface area contributed by atoms with Crippen LogP contribution in [-0.2, 0) is 4.74 Å². The van der Waals surface area contributed by atoms with Crippen LogP contribution in [0.25, 0.3) is 0 Å². The van der Waals surface area contributed by atoms with Gasteiger partial charge in [-0.2, -0.15) is 0 Å². The van der Waals surface area contributed by atoms with Crippen LogP contribution in [0.4, 0.5) is 0 Å². The molecule has 2 rings (SSSR count). The molecule has 1 atom stereocenters. The zero-order valence-corrected chi connectivity index (χ0v) is 10.8. The van der Waals surface area contributed by atoms with Gasteiger partial charge in [0.05, 0.1) is 11.7 Å². The van der Waals surface area contributed by atoms with Gasteiger partial charge in [0.15, 0.2) is 0 Å².